The van der Waals surface area contributed by atoms with Gasteiger partial charge in [0, 0.05) is 18.7 Å². The maximum atomic E-state index is 12.6. The Morgan fingerprint density at radius 2 is 2.21 bits per heavy atom. The van der Waals surface area contributed by atoms with E-state index in [0.29, 0.717) is 31.4 Å². The lowest BCUT2D eigenvalue weighted by Crippen LogP contribution is -2.42. The zero-order valence-electron chi connectivity index (χ0n) is 19.4. The van der Waals surface area contributed by atoms with Crippen molar-refractivity contribution in [1.29, 1.82) is 0 Å². The van der Waals surface area contributed by atoms with Crippen molar-refractivity contribution < 1.29 is 18.8 Å². The molecule has 178 valence electrons. The summed E-state index contributed by atoms with van der Waals surface area (Å²) in [4.78, 5) is 22.7. The molecule has 1 N–H and O–H groups in total. The van der Waals surface area contributed by atoms with Gasteiger partial charge < -0.3 is 18.9 Å². The number of ether oxygens (including phenoxy) is 2. The first-order valence-corrected chi connectivity index (χ1v) is 11.3. The molecule has 1 aliphatic rings. The topological polar surface area (TPSA) is 103 Å². The molecule has 0 saturated carbocycles. The SMILES string of the molecule is COc1cnc(NC(=O)N2CC/C(=C\c3cccc(OCCCc4cnoc4)c3)C(C)C2)cn1. The van der Waals surface area contributed by atoms with Gasteiger partial charge in [-0.15, -0.1) is 0 Å². The lowest BCUT2D eigenvalue weighted by Gasteiger charge is -2.33. The number of aryl methyl sites for hydroxylation is 1. The molecule has 3 aromatic rings. The van der Waals surface area contributed by atoms with Crippen molar-refractivity contribution in [3.05, 3.63) is 65.8 Å². The van der Waals surface area contributed by atoms with Crippen molar-refractivity contribution in [2.75, 3.05) is 32.1 Å². The Labute approximate surface area is 198 Å². The number of methoxy groups -OCH3 is 1. The van der Waals surface area contributed by atoms with E-state index in [9.17, 15) is 4.79 Å². The average Bonchev–Trinajstić information content (AvgIpc) is 3.37. The van der Waals surface area contributed by atoms with E-state index >= 15 is 0 Å². The van der Waals surface area contributed by atoms with Gasteiger partial charge in [-0.25, -0.2) is 14.8 Å². The molecule has 1 unspecified atom stereocenters. The van der Waals surface area contributed by atoms with Crippen molar-refractivity contribution in [2.24, 2.45) is 5.92 Å². The van der Waals surface area contributed by atoms with E-state index in [1.54, 1.807) is 12.5 Å². The van der Waals surface area contributed by atoms with Crippen molar-refractivity contribution in [3.8, 4) is 11.6 Å². The van der Waals surface area contributed by atoms with E-state index in [-0.39, 0.29) is 11.9 Å². The number of carbonyl (C=O) groups excluding carboxylic acids is 1. The zero-order valence-corrected chi connectivity index (χ0v) is 19.4. The number of aromatic nitrogens is 3. The fourth-order valence-corrected chi connectivity index (χ4v) is 3.85. The van der Waals surface area contributed by atoms with Gasteiger partial charge in [0.25, 0.3) is 0 Å². The normalized spacial score (nSPS) is 16.9. The Morgan fingerprint density at radius 1 is 1.29 bits per heavy atom. The molecule has 9 nitrogen and oxygen atoms in total. The van der Waals surface area contributed by atoms with Crippen LogP contribution in [-0.4, -0.2) is 52.9 Å². The summed E-state index contributed by atoms with van der Waals surface area (Å²) in [6.45, 7) is 4.05. The van der Waals surface area contributed by atoms with Crippen LogP contribution in [0.25, 0.3) is 6.08 Å². The van der Waals surface area contributed by atoms with Crippen LogP contribution >= 0.6 is 0 Å². The molecule has 0 radical (unpaired) electrons. The number of piperidine rings is 1. The molecule has 0 bridgehead atoms. The van der Waals surface area contributed by atoms with Crippen LogP contribution in [0.5, 0.6) is 11.6 Å². The van der Waals surface area contributed by atoms with E-state index in [0.717, 1.165) is 36.1 Å². The molecule has 9 heteroatoms. The molecular formula is C25H29N5O4. The second-order valence-corrected chi connectivity index (χ2v) is 8.25. The summed E-state index contributed by atoms with van der Waals surface area (Å²) in [5.74, 6) is 1.90. The van der Waals surface area contributed by atoms with Crippen molar-refractivity contribution in [2.45, 2.75) is 26.2 Å². The third-order valence-electron chi connectivity index (χ3n) is 5.73. The van der Waals surface area contributed by atoms with Crippen LogP contribution in [-0.2, 0) is 6.42 Å². The maximum absolute atomic E-state index is 12.6. The molecule has 34 heavy (non-hydrogen) atoms. The van der Waals surface area contributed by atoms with Crippen LogP contribution in [0.15, 0.2) is 59.2 Å². The summed E-state index contributed by atoms with van der Waals surface area (Å²) in [6, 6.07) is 7.93. The fourth-order valence-electron chi connectivity index (χ4n) is 3.85. The van der Waals surface area contributed by atoms with Gasteiger partial charge in [-0.05, 0) is 42.9 Å². The number of carbonyl (C=O) groups is 1. The minimum absolute atomic E-state index is 0.174. The summed E-state index contributed by atoms with van der Waals surface area (Å²) in [6.07, 6.45) is 11.1. The van der Waals surface area contributed by atoms with Crippen LogP contribution in [0.2, 0.25) is 0 Å². The molecule has 1 saturated heterocycles. The number of likely N-dealkylation sites (tertiary alicyclic amines) is 1. The highest BCUT2D eigenvalue weighted by Gasteiger charge is 2.24. The van der Waals surface area contributed by atoms with E-state index in [4.69, 9.17) is 14.0 Å². The number of benzene rings is 1. The number of nitrogens with one attached hydrogen (secondary N) is 1. The third-order valence-corrected chi connectivity index (χ3v) is 5.73. The number of urea groups is 1. The predicted molar refractivity (Wildman–Crippen MR) is 128 cm³/mol. The third kappa shape index (κ3) is 6.34. The van der Waals surface area contributed by atoms with Crippen molar-refractivity contribution in [3.63, 3.8) is 0 Å². The number of amides is 2. The average molecular weight is 464 g/mol. The molecule has 1 fully saturated rings. The molecule has 3 heterocycles. The van der Waals surface area contributed by atoms with Gasteiger partial charge in [0.15, 0.2) is 5.82 Å². The molecule has 1 aliphatic heterocycles. The quantitative estimate of drug-likeness (QED) is 0.493. The van der Waals surface area contributed by atoms with Crippen LogP contribution in [0.3, 0.4) is 0 Å². The van der Waals surface area contributed by atoms with Crippen molar-refractivity contribution in [1.82, 2.24) is 20.0 Å². The first-order valence-electron chi connectivity index (χ1n) is 11.3. The van der Waals surface area contributed by atoms with Crippen LogP contribution in [0.1, 0.15) is 30.9 Å². The first-order chi connectivity index (χ1) is 16.6. The minimum Gasteiger partial charge on any atom is -0.494 e. The van der Waals surface area contributed by atoms with E-state index in [1.807, 2.05) is 17.0 Å². The summed E-state index contributed by atoms with van der Waals surface area (Å²) < 4.78 is 15.8. The predicted octanol–water partition coefficient (Wildman–Crippen LogP) is 4.44. The molecule has 1 atom stereocenters. The number of hydrogen-bond acceptors (Lipinski definition) is 7. The summed E-state index contributed by atoms with van der Waals surface area (Å²) in [5.41, 5.74) is 3.50. The molecule has 0 aliphatic carbocycles. The fraction of sp³-hybridized carbons (Fsp3) is 0.360. The van der Waals surface area contributed by atoms with Crippen LogP contribution in [0, 0.1) is 5.92 Å². The van der Waals surface area contributed by atoms with Gasteiger partial charge in [-0.1, -0.05) is 35.9 Å². The van der Waals surface area contributed by atoms with Gasteiger partial charge in [-0.3, -0.25) is 5.32 Å². The summed E-state index contributed by atoms with van der Waals surface area (Å²) in [7, 11) is 1.52. The van der Waals surface area contributed by atoms with Crippen LogP contribution < -0.4 is 14.8 Å². The van der Waals surface area contributed by atoms with Gasteiger partial charge in [0.1, 0.15) is 12.0 Å². The molecule has 4 rings (SSSR count). The van der Waals surface area contributed by atoms with Gasteiger partial charge in [0.2, 0.25) is 5.88 Å². The number of anilines is 1. The van der Waals surface area contributed by atoms with Crippen molar-refractivity contribution >= 4 is 17.9 Å². The van der Waals surface area contributed by atoms with E-state index < -0.39 is 0 Å². The molecule has 2 amide bonds. The van der Waals surface area contributed by atoms with Crippen LogP contribution in [0.4, 0.5) is 10.6 Å². The number of rotatable bonds is 8. The summed E-state index contributed by atoms with van der Waals surface area (Å²) in [5, 5.41) is 6.52. The van der Waals surface area contributed by atoms with E-state index in [1.165, 1.54) is 25.1 Å². The standard InChI is InChI=1S/C25H29N5O4/c1-18-16-30(25(31)29-23-14-27-24(32-2)15-26-23)9-8-21(18)11-19-5-3-7-22(12-19)33-10-4-6-20-13-28-34-17-20/h3,5,7,11-15,17-18H,4,6,8-10,16H2,1-2H3,(H,26,29,31)/b21-11+. The lowest BCUT2D eigenvalue weighted by atomic mass is 9.91. The highest BCUT2D eigenvalue weighted by Crippen LogP contribution is 2.26. The number of nitrogens with zero attached hydrogens (tertiary/aromatic N) is 4. The highest BCUT2D eigenvalue weighted by atomic mass is 16.5. The van der Waals surface area contributed by atoms with Gasteiger partial charge in [-0.2, -0.15) is 0 Å². The Balaban J connectivity index is 1.28. The minimum atomic E-state index is -0.174. The lowest BCUT2D eigenvalue weighted by molar-refractivity contribution is 0.197. The van der Waals surface area contributed by atoms with E-state index in [2.05, 4.69) is 45.6 Å². The zero-order chi connectivity index (χ0) is 23.8. The second kappa shape index (κ2) is 11.3. The molecule has 2 aromatic heterocycles. The first kappa shape index (κ1) is 23.3. The molecular weight excluding hydrogens is 434 g/mol. The second-order valence-electron chi connectivity index (χ2n) is 8.25. The maximum Gasteiger partial charge on any atom is 0.323 e. The number of hydrogen-bond donors (Lipinski definition) is 1. The Bertz CT molecular complexity index is 1100. The highest BCUT2D eigenvalue weighted by molar-refractivity contribution is 5.88. The van der Waals surface area contributed by atoms with Gasteiger partial charge >= 0.3 is 6.03 Å². The smallest absolute Gasteiger partial charge is 0.323 e. The monoisotopic (exact) mass is 463 g/mol. The largest absolute Gasteiger partial charge is 0.494 e. The van der Waals surface area contributed by atoms with Gasteiger partial charge in [0.05, 0.1) is 32.3 Å². The Kier molecular flexibility index (Phi) is 7.75. The molecule has 0 spiro atoms. The summed E-state index contributed by atoms with van der Waals surface area (Å²) >= 11 is 0. The Hall–Kier alpha value is -3.88. The Morgan fingerprint density at radius 3 is 2.94 bits per heavy atom. The molecule has 1 aromatic carbocycles.